The number of carbonyl (C=O) groups excluding carboxylic acids is 2. The van der Waals surface area contributed by atoms with Crippen molar-refractivity contribution in [2.24, 2.45) is 0 Å². The first-order valence-electron chi connectivity index (χ1n) is 6.51. The highest BCUT2D eigenvalue weighted by Crippen LogP contribution is 2.25. The van der Waals surface area contributed by atoms with E-state index in [-0.39, 0.29) is 11.7 Å². The molecule has 0 aliphatic rings. The summed E-state index contributed by atoms with van der Waals surface area (Å²) in [5, 5.41) is 3.64. The standard InChI is InChI=1S/C17H13Cl2NO2/c1-11(21)12-5-7-13(8-6-12)20-17(22)10-9-14-15(18)3-2-4-16(14)19/h2-10H,1H3,(H,20,22). The highest BCUT2D eigenvalue weighted by atomic mass is 35.5. The van der Waals surface area contributed by atoms with Crippen LogP contribution in [0.15, 0.2) is 48.5 Å². The molecule has 0 fully saturated rings. The molecule has 2 rings (SSSR count). The third kappa shape index (κ3) is 4.20. The van der Waals surface area contributed by atoms with Crippen LogP contribution in [0.1, 0.15) is 22.8 Å². The monoisotopic (exact) mass is 333 g/mol. The third-order valence-electron chi connectivity index (χ3n) is 2.96. The van der Waals surface area contributed by atoms with Crippen molar-refractivity contribution in [1.82, 2.24) is 0 Å². The minimum absolute atomic E-state index is 0.0221. The fraction of sp³-hybridized carbons (Fsp3) is 0.0588. The SMILES string of the molecule is CC(=O)c1ccc(NC(=O)C=Cc2c(Cl)cccc2Cl)cc1. The van der Waals surface area contributed by atoms with Gasteiger partial charge in [-0.25, -0.2) is 0 Å². The van der Waals surface area contributed by atoms with Gasteiger partial charge in [0.05, 0.1) is 0 Å². The van der Waals surface area contributed by atoms with Gasteiger partial charge in [0, 0.05) is 32.9 Å². The zero-order valence-corrected chi connectivity index (χ0v) is 13.3. The highest BCUT2D eigenvalue weighted by molar-refractivity contribution is 6.37. The molecule has 0 radical (unpaired) electrons. The summed E-state index contributed by atoms with van der Waals surface area (Å²) in [5.74, 6) is -0.335. The van der Waals surface area contributed by atoms with Gasteiger partial charge in [-0.05, 0) is 49.4 Å². The Hall–Kier alpha value is -2.10. The van der Waals surface area contributed by atoms with Crippen LogP contribution >= 0.6 is 23.2 Å². The second kappa shape index (κ2) is 7.25. The summed E-state index contributed by atoms with van der Waals surface area (Å²) in [6, 6.07) is 11.8. The summed E-state index contributed by atoms with van der Waals surface area (Å²) in [6.07, 6.45) is 2.91. The Labute approximate surface area is 138 Å². The normalized spacial score (nSPS) is 10.7. The summed E-state index contributed by atoms with van der Waals surface area (Å²) in [7, 11) is 0. The van der Waals surface area contributed by atoms with Gasteiger partial charge in [-0.2, -0.15) is 0 Å². The average Bonchev–Trinajstić information content (AvgIpc) is 2.47. The van der Waals surface area contributed by atoms with Crippen LogP contribution in [0.25, 0.3) is 6.08 Å². The molecule has 0 spiro atoms. The van der Waals surface area contributed by atoms with E-state index in [0.29, 0.717) is 26.9 Å². The number of Topliss-reactive ketones (excluding diaryl/α,β-unsaturated/α-hetero) is 1. The Morgan fingerprint density at radius 1 is 1.00 bits per heavy atom. The average molecular weight is 334 g/mol. The molecule has 0 bridgehead atoms. The number of rotatable bonds is 4. The topological polar surface area (TPSA) is 46.2 Å². The first-order valence-corrected chi connectivity index (χ1v) is 7.27. The smallest absolute Gasteiger partial charge is 0.248 e. The Bertz CT molecular complexity index is 717. The fourth-order valence-electron chi connectivity index (χ4n) is 1.80. The maximum Gasteiger partial charge on any atom is 0.248 e. The van der Waals surface area contributed by atoms with Crippen molar-refractivity contribution >= 4 is 46.7 Å². The van der Waals surface area contributed by atoms with Crippen molar-refractivity contribution in [2.75, 3.05) is 5.32 Å². The number of ketones is 1. The predicted molar refractivity (Wildman–Crippen MR) is 90.6 cm³/mol. The molecule has 0 aliphatic heterocycles. The van der Waals surface area contributed by atoms with Gasteiger partial charge in [-0.3, -0.25) is 9.59 Å². The summed E-state index contributed by atoms with van der Waals surface area (Å²) < 4.78 is 0. The summed E-state index contributed by atoms with van der Waals surface area (Å²) in [6.45, 7) is 1.49. The van der Waals surface area contributed by atoms with E-state index in [0.717, 1.165) is 0 Å². The predicted octanol–water partition coefficient (Wildman–Crippen LogP) is 4.85. The van der Waals surface area contributed by atoms with E-state index >= 15 is 0 Å². The molecule has 0 saturated heterocycles. The first-order chi connectivity index (χ1) is 10.5. The zero-order valence-electron chi connectivity index (χ0n) is 11.8. The van der Waals surface area contributed by atoms with Crippen LogP contribution < -0.4 is 5.32 Å². The van der Waals surface area contributed by atoms with Crippen LogP contribution in [0.2, 0.25) is 10.0 Å². The van der Waals surface area contributed by atoms with Crippen molar-refractivity contribution < 1.29 is 9.59 Å². The van der Waals surface area contributed by atoms with Crippen molar-refractivity contribution in [1.29, 1.82) is 0 Å². The maximum atomic E-state index is 11.9. The van der Waals surface area contributed by atoms with E-state index in [2.05, 4.69) is 5.32 Å². The third-order valence-corrected chi connectivity index (χ3v) is 3.62. The molecule has 2 aromatic rings. The number of hydrogen-bond acceptors (Lipinski definition) is 2. The molecule has 22 heavy (non-hydrogen) atoms. The number of carbonyl (C=O) groups is 2. The molecular formula is C17H13Cl2NO2. The summed E-state index contributed by atoms with van der Waals surface area (Å²) in [4.78, 5) is 23.1. The molecule has 0 aliphatic carbocycles. The quantitative estimate of drug-likeness (QED) is 0.642. The maximum absolute atomic E-state index is 11.9. The van der Waals surface area contributed by atoms with Gasteiger partial charge in [-0.1, -0.05) is 29.3 Å². The number of halogens is 2. The lowest BCUT2D eigenvalue weighted by Gasteiger charge is -2.04. The molecule has 0 unspecified atom stereocenters. The molecule has 0 saturated carbocycles. The minimum atomic E-state index is -0.313. The van der Waals surface area contributed by atoms with Crippen molar-refractivity contribution in [3.63, 3.8) is 0 Å². The van der Waals surface area contributed by atoms with Gasteiger partial charge in [0.25, 0.3) is 0 Å². The van der Waals surface area contributed by atoms with Crippen molar-refractivity contribution in [3.05, 3.63) is 69.7 Å². The molecule has 112 valence electrons. The number of benzene rings is 2. The molecule has 2 aromatic carbocycles. The van der Waals surface area contributed by atoms with Crippen LogP contribution in [0, 0.1) is 0 Å². The minimum Gasteiger partial charge on any atom is -0.323 e. The first kappa shape index (κ1) is 16.3. The van der Waals surface area contributed by atoms with E-state index in [1.54, 1.807) is 48.5 Å². The van der Waals surface area contributed by atoms with E-state index in [9.17, 15) is 9.59 Å². The number of anilines is 1. The molecule has 0 atom stereocenters. The number of nitrogens with one attached hydrogen (secondary N) is 1. The molecular weight excluding hydrogens is 321 g/mol. The Morgan fingerprint density at radius 3 is 2.14 bits per heavy atom. The second-order valence-corrected chi connectivity index (χ2v) is 5.41. The molecule has 0 aromatic heterocycles. The van der Waals surface area contributed by atoms with Crippen molar-refractivity contribution in [2.45, 2.75) is 6.92 Å². The fourth-order valence-corrected chi connectivity index (χ4v) is 2.32. The van der Waals surface area contributed by atoms with Crippen LogP contribution in [0.4, 0.5) is 5.69 Å². The lowest BCUT2D eigenvalue weighted by molar-refractivity contribution is -0.111. The Kier molecular flexibility index (Phi) is 5.36. The molecule has 0 heterocycles. The van der Waals surface area contributed by atoms with E-state index < -0.39 is 0 Å². The van der Waals surface area contributed by atoms with Gasteiger partial charge in [0.2, 0.25) is 5.91 Å². The van der Waals surface area contributed by atoms with Crippen LogP contribution in [0.5, 0.6) is 0 Å². The van der Waals surface area contributed by atoms with Crippen LogP contribution in [0.3, 0.4) is 0 Å². The molecule has 1 amide bonds. The molecule has 3 nitrogen and oxygen atoms in total. The molecule has 5 heteroatoms. The summed E-state index contributed by atoms with van der Waals surface area (Å²) >= 11 is 12.0. The van der Waals surface area contributed by atoms with E-state index in [1.165, 1.54) is 13.0 Å². The van der Waals surface area contributed by atoms with E-state index in [4.69, 9.17) is 23.2 Å². The summed E-state index contributed by atoms with van der Waals surface area (Å²) in [5.41, 5.74) is 1.79. The number of hydrogen-bond donors (Lipinski definition) is 1. The lowest BCUT2D eigenvalue weighted by atomic mass is 10.1. The van der Waals surface area contributed by atoms with Gasteiger partial charge < -0.3 is 5.32 Å². The molecule has 1 N–H and O–H groups in total. The second-order valence-electron chi connectivity index (χ2n) is 4.59. The van der Waals surface area contributed by atoms with Gasteiger partial charge >= 0.3 is 0 Å². The van der Waals surface area contributed by atoms with E-state index in [1.807, 2.05) is 0 Å². The largest absolute Gasteiger partial charge is 0.323 e. The number of amides is 1. The Morgan fingerprint density at radius 2 is 1.59 bits per heavy atom. The van der Waals surface area contributed by atoms with Crippen LogP contribution in [-0.2, 0) is 4.79 Å². The zero-order chi connectivity index (χ0) is 16.1. The highest BCUT2D eigenvalue weighted by Gasteiger charge is 2.04. The van der Waals surface area contributed by atoms with Gasteiger partial charge in [0.1, 0.15) is 0 Å². The van der Waals surface area contributed by atoms with Gasteiger partial charge in [0.15, 0.2) is 5.78 Å². The van der Waals surface area contributed by atoms with Gasteiger partial charge in [-0.15, -0.1) is 0 Å². The Balaban J connectivity index is 2.06. The lowest BCUT2D eigenvalue weighted by Crippen LogP contribution is -2.07. The van der Waals surface area contributed by atoms with Crippen molar-refractivity contribution in [3.8, 4) is 0 Å². The van der Waals surface area contributed by atoms with Crippen LogP contribution in [-0.4, -0.2) is 11.7 Å².